The third-order valence-corrected chi connectivity index (χ3v) is 2.09. The van der Waals surface area contributed by atoms with Crippen LogP contribution in [0.1, 0.15) is 11.1 Å². The van der Waals surface area contributed by atoms with Gasteiger partial charge in [0.25, 0.3) is 0 Å². The number of alkyl halides is 1. The first-order valence-electron chi connectivity index (χ1n) is 4.11. The van der Waals surface area contributed by atoms with Crippen molar-refractivity contribution in [2.75, 3.05) is 7.11 Å². The van der Waals surface area contributed by atoms with E-state index in [1.807, 2.05) is 24.3 Å². The fourth-order valence-electron chi connectivity index (χ4n) is 1.14. The van der Waals surface area contributed by atoms with Crippen molar-refractivity contribution in [3.8, 4) is 11.8 Å². The first kappa shape index (κ1) is 10.6. The molecule has 0 radical (unpaired) electrons. The zero-order valence-corrected chi connectivity index (χ0v) is 8.58. The van der Waals surface area contributed by atoms with Gasteiger partial charge in [0, 0.05) is 11.6 Å². The van der Waals surface area contributed by atoms with E-state index in [0.717, 1.165) is 16.9 Å². The maximum atomic E-state index is 8.37. The predicted octanol–water partition coefficient (Wildman–Crippen LogP) is 2.97. The van der Waals surface area contributed by atoms with Crippen molar-refractivity contribution in [3.05, 3.63) is 35.4 Å². The monoisotopic (exact) mass is 207 g/mol. The quantitative estimate of drug-likeness (QED) is 0.564. The Morgan fingerprint density at radius 2 is 2.36 bits per heavy atom. The Balaban J connectivity index is 3.02. The number of hydrogen-bond acceptors (Lipinski definition) is 2. The van der Waals surface area contributed by atoms with Crippen molar-refractivity contribution in [3.63, 3.8) is 0 Å². The Kier molecular flexibility index (Phi) is 4.03. The Morgan fingerprint density at radius 3 is 2.93 bits per heavy atom. The zero-order valence-electron chi connectivity index (χ0n) is 7.83. The Morgan fingerprint density at radius 1 is 1.57 bits per heavy atom. The molecule has 0 amide bonds. The van der Waals surface area contributed by atoms with Gasteiger partial charge in [-0.05, 0) is 23.8 Å². The molecule has 0 aromatic heterocycles. The van der Waals surface area contributed by atoms with Crippen molar-refractivity contribution in [1.82, 2.24) is 0 Å². The fraction of sp³-hybridized carbons (Fsp3) is 0.182. The van der Waals surface area contributed by atoms with E-state index >= 15 is 0 Å². The molecule has 1 aromatic rings. The normalized spacial score (nSPS) is 10.1. The van der Waals surface area contributed by atoms with E-state index in [-0.39, 0.29) is 0 Å². The second-order valence-electron chi connectivity index (χ2n) is 2.67. The molecule has 0 fully saturated rings. The maximum Gasteiger partial charge on any atom is 0.123 e. The van der Waals surface area contributed by atoms with Crippen LogP contribution >= 0.6 is 11.6 Å². The topological polar surface area (TPSA) is 33.0 Å². The lowest BCUT2D eigenvalue weighted by Gasteiger charge is -2.05. The number of methoxy groups -OCH3 is 1. The summed E-state index contributed by atoms with van der Waals surface area (Å²) in [4.78, 5) is 0. The molecule has 1 rings (SSSR count). The fourth-order valence-corrected chi connectivity index (χ4v) is 1.35. The summed E-state index contributed by atoms with van der Waals surface area (Å²) in [6.45, 7) is 0. The van der Waals surface area contributed by atoms with Gasteiger partial charge in [0.05, 0.1) is 19.1 Å². The molecular weight excluding hydrogens is 198 g/mol. The second kappa shape index (κ2) is 5.31. The number of ether oxygens (including phenoxy) is 1. The number of nitriles is 1. The molecule has 2 nitrogen and oxygen atoms in total. The van der Waals surface area contributed by atoms with Crippen LogP contribution in [0.5, 0.6) is 5.75 Å². The molecular formula is C11H10ClNO. The number of halogens is 1. The van der Waals surface area contributed by atoms with Crippen molar-refractivity contribution < 1.29 is 4.74 Å². The van der Waals surface area contributed by atoms with Gasteiger partial charge in [0.1, 0.15) is 5.75 Å². The van der Waals surface area contributed by atoms with Crippen LogP contribution in [0.25, 0.3) is 6.08 Å². The summed E-state index contributed by atoms with van der Waals surface area (Å²) < 4.78 is 5.12. The minimum Gasteiger partial charge on any atom is -0.496 e. The standard InChI is InChI=1S/C11H10ClNO/c1-14-11-5-4-9(3-2-6-13)7-10(11)8-12/h2-5,7H,8H2,1H3. The van der Waals surface area contributed by atoms with Gasteiger partial charge in [-0.2, -0.15) is 5.26 Å². The third-order valence-electron chi connectivity index (χ3n) is 1.80. The van der Waals surface area contributed by atoms with Crippen molar-refractivity contribution in [2.45, 2.75) is 5.88 Å². The summed E-state index contributed by atoms with van der Waals surface area (Å²) in [7, 11) is 1.61. The first-order valence-corrected chi connectivity index (χ1v) is 4.64. The lowest BCUT2D eigenvalue weighted by Crippen LogP contribution is -1.89. The highest BCUT2D eigenvalue weighted by Crippen LogP contribution is 2.22. The van der Waals surface area contributed by atoms with Crippen LogP contribution in [-0.2, 0) is 5.88 Å². The number of hydrogen-bond donors (Lipinski definition) is 0. The van der Waals surface area contributed by atoms with Crippen LogP contribution in [0.4, 0.5) is 0 Å². The van der Waals surface area contributed by atoms with Gasteiger partial charge in [0.15, 0.2) is 0 Å². The minimum absolute atomic E-state index is 0.400. The summed E-state index contributed by atoms with van der Waals surface area (Å²) in [6.07, 6.45) is 3.16. The molecule has 0 atom stereocenters. The second-order valence-corrected chi connectivity index (χ2v) is 2.93. The smallest absolute Gasteiger partial charge is 0.123 e. The van der Waals surface area contributed by atoms with E-state index in [9.17, 15) is 0 Å². The van der Waals surface area contributed by atoms with E-state index in [2.05, 4.69) is 0 Å². The van der Waals surface area contributed by atoms with Gasteiger partial charge in [-0.1, -0.05) is 6.07 Å². The highest BCUT2D eigenvalue weighted by atomic mass is 35.5. The highest BCUT2D eigenvalue weighted by molar-refractivity contribution is 6.17. The molecule has 1 aromatic carbocycles. The Bertz CT molecular complexity index is 379. The Labute approximate surface area is 88.4 Å². The van der Waals surface area contributed by atoms with Gasteiger partial charge in [-0.15, -0.1) is 11.6 Å². The number of benzene rings is 1. The first-order chi connectivity index (χ1) is 6.81. The summed E-state index contributed by atoms with van der Waals surface area (Å²) in [5.74, 6) is 1.17. The van der Waals surface area contributed by atoms with E-state index in [0.29, 0.717) is 5.88 Å². The summed E-state index contributed by atoms with van der Waals surface area (Å²) in [5.41, 5.74) is 1.87. The summed E-state index contributed by atoms with van der Waals surface area (Å²) >= 11 is 5.75. The predicted molar refractivity (Wildman–Crippen MR) is 57.2 cm³/mol. The van der Waals surface area contributed by atoms with Crippen LogP contribution in [0, 0.1) is 11.3 Å². The summed E-state index contributed by atoms with van der Waals surface area (Å²) in [6, 6.07) is 7.56. The molecule has 0 saturated heterocycles. The number of rotatable bonds is 3. The molecule has 0 bridgehead atoms. The Hall–Kier alpha value is -1.46. The molecule has 0 unspecified atom stereocenters. The van der Waals surface area contributed by atoms with Crippen LogP contribution in [0.3, 0.4) is 0 Å². The van der Waals surface area contributed by atoms with Crippen molar-refractivity contribution in [1.29, 1.82) is 5.26 Å². The molecule has 72 valence electrons. The van der Waals surface area contributed by atoms with Crippen molar-refractivity contribution in [2.24, 2.45) is 0 Å². The van der Waals surface area contributed by atoms with Gasteiger partial charge < -0.3 is 4.74 Å². The molecule has 0 heterocycles. The highest BCUT2D eigenvalue weighted by Gasteiger charge is 2.01. The summed E-state index contributed by atoms with van der Waals surface area (Å²) in [5, 5.41) is 8.37. The molecule has 0 N–H and O–H groups in total. The van der Waals surface area contributed by atoms with E-state index < -0.39 is 0 Å². The number of allylic oxidation sites excluding steroid dienone is 1. The molecule has 0 spiro atoms. The average Bonchev–Trinajstić information content (AvgIpc) is 2.25. The van der Waals surface area contributed by atoms with Gasteiger partial charge >= 0.3 is 0 Å². The maximum absolute atomic E-state index is 8.37. The van der Waals surface area contributed by atoms with Crippen LogP contribution in [0.15, 0.2) is 24.3 Å². The van der Waals surface area contributed by atoms with Crippen LogP contribution in [-0.4, -0.2) is 7.11 Å². The van der Waals surface area contributed by atoms with Gasteiger partial charge in [-0.25, -0.2) is 0 Å². The van der Waals surface area contributed by atoms with Gasteiger partial charge in [0.2, 0.25) is 0 Å². The molecule has 14 heavy (non-hydrogen) atoms. The lowest BCUT2D eigenvalue weighted by atomic mass is 10.1. The van der Waals surface area contributed by atoms with Crippen molar-refractivity contribution >= 4 is 17.7 Å². The largest absolute Gasteiger partial charge is 0.496 e. The van der Waals surface area contributed by atoms with Gasteiger partial charge in [-0.3, -0.25) is 0 Å². The molecule has 0 aliphatic rings. The van der Waals surface area contributed by atoms with E-state index in [1.54, 1.807) is 13.2 Å². The van der Waals surface area contributed by atoms with Crippen LogP contribution in [0.2, 0.25) is 0 Å². The molecule has 3 heteroatoms. The van der Waals surface area contributed by atoms with E-state index in [4.69, 9.17) is 21.6 Å². The molecule has 0 aliphatic carbocycles. The SMILES string of the molecule is COc1ccc(C=CC#N)cc1CCl. The minimum atomic E-state index is 0.400. The van der Waals surface area contributed by atoms with Crippen LogP contribution < -0.4 is 4.74 Å². The third kappa shape index (κ3) is 2.51. The lowest BCUT2D eigenvalue weighted by molar-refractivity contribution is 0.411. The molecule has 0 saturated carbocycles. The molecule has 0 aliphatic heterocycles. The number of nitrogens with zero attached hydrogens (tertiary/aromatic N) is 1. The average molecular weight is 208 g/mol. The van der Waals surface area contributed by atoms with E-state index in [1.165, 1.54) is 6.08 Å². The zero-order chi connectivity index (χ0) is 10.4.